The molecule has 0 aliphatic heterocycles. The second-order valence-corrected chi connectivity index (χ2v) is 3.53. The quantitative estimate of drug-likeness (QED) is 0.434. The molecule has 1 atom stereocenters. The number of hydrogen-bond donors (Lipinski definition) is 4. The lowest BCUT2D eigenvalue weighted by Crippen LogP contribution is -2.41. The minimum atomic E-state index is -1.22. The zero-order valence-electron chi connectivity index (χ0n) is 9.61. The minimum absolute atomic E-state index is 0.00707. The average Bonchev–Trinajstić information content (AvgIpc) is 2.77. The molecule has 9 nitrogen and oxygen atoms in total. The number of aliphatic carboxylic acids is 1. The molecule has 5 N–H and O–H groups in total. The smallest absolute Gasteiger partial charge is 0.326 e. The second kappa shape index (κ2) is 6.67. The summed E-state index contributed by atoms with van der Waals surface area (Å²) >= 11 is 0. The van der Waals surface area contributed by atoms with Crippen LogP contribution in [0.1, 0.15) is 16.9 Å². The third-order valence-corrected chi connectivity index (χ3v) is 2.15. The monoisotopic (exact) mass is 257 g/mol. The molecule has 0 unspecified atom stereocenters. The number of carboxylic acids is 1. The Morgan fingerprint density at radius 3 is 2.83 bits per heavy atom. The maximum absolute atomic E-state index is 11.6. The summed E-state index contributed by atoms with van der Waals surface area (Å²) < 4.78 is 1.39. The molecule has 0 fully saturated rings. The van der Waals surface area contributed by atoms with Crippen molar-refractivity contribution >= 4 is 11.9 Å². The maximum atomic E-state index is 11.6. The lowest BCUT2D eigenvalue weighted by Gasteiger charge is -2.11. The first kappa shape index (κ1) is 14.1. The fourth-order valence-electron chi connectivity index (χ4n) is 1.26. The van der Waals surface area contributed by atoms with Gasteiger partial charge in [-0.2, -0.15) is 0 Å². The fraction of sp³-hybridized carbons (Fsp3) is 0.556. The fourth-order valence-corrected chi connectivity index (χ4v) is 1.26. The standard InChI is InChI=1S/C9H15N5O4/c10-2-3-14-5-7(12-13-14)8(16)11-6(1-4-15)9(17)18/h5-6,15H,1-4,10H2,(H,11,16)(H,17,18)/t6-/m0/s1. The molecule has 18 heavy (non-hydrogen) atoms. The predicted molar refractivity (Wildman–Crippen MR) is 59.7 cm³/mol. The van der Waals surface area contributed by atoms with Crippen molar-refractivity contribution in [3.63, 3.8) is 0 Å². The van der Waals surface area contributed by atoms with Crippen LogP contribution < -0.4 is 11.1 Å². The molecule has 0 aliphatic carbocycles. The topological polar surface area (TPSA) is 143 Å². The molecule has 1 heterocycles. The first-order chi connectivity index (χ1) is 8.58. The van der Waals surface area contributed by atoms with E-state index < -0.39 is 17.9 Å². The van der Waals surface area contributed by atoms with Crippen LogP contribution in [0.4, 0.5) is 0 Å². The van der Waals surface area contributed by atoms with Crippen LogP contribution in [0.5, 0.6) is 0 Å². The summed E-state index contributed by atoms with van der Waals surface area (Å²) in [4.78, 5) is 22.4. The molecule has 1 amide bonds. The van der Waals surface area contributed by atoms with Gasteiger partial charge < -0.3 is 21.3 Å². The first-order valence-corrected chi connectivity index (χ1v) is 5.33. The number of aliphatic hydroxyl groups excluding tert-OH is 1. The second-order valence-electron chi connectivity index (χ2n) is 3.53. The Balaban J connectivity index is 2.64. The molecule has 0 saturated heterocycles. The van der Waals surface area contributed by atoms with Crippen molar-refractivity contribution in [2.75, 3.05) is 13.2 Å². The zero-order chi connectivity index (χ0) is 13.5. The Kier molecular flexibility index (Phi) is 5.21. The van der Waals surface area contributed by atoms with Crippen LogP contribution in [-0.2, 0) is 11.3 Å². The molecule has 1 aromatic rings. The van der Waals surface area contributed by atoms with E-state index in [0.29, 0.717) is 13.1 Å². The van der Waals surface area contributed by atoms with E-state index >= 15 is 0 Å². The molecule has 9 heteroatoms. The van der Waals surface area contributed by atoms with Crippen molar-refractivity contribution in [3.8, 4) is 0 Å². The number of aromatic nitrogens is 3. The Hall–Kier alpha value is -2.00. The van der Waals surface area contributed by atoms with Crippen LogP contribution in [0.15, 0.2) is 6.20 Å². The lowest BCUT2D eigenvalue weighted by molar-refractivity contribution is -0.139. The van der Waals surface area contributed by atoms with Gasteiger partial charge in [0, 0.05) is 19.6 Å². The minimum Gasteiger partial charge on any atom is -0.480 e. The van der Waals surface area contributed by atoms with Crippen molar-refractivity contribution in [1.29, 1.82) is 0 Å². The van der Waals surface area contributed by atoms with Crippen LogP contribution in [0.3, 0.4) is 0 Å². The number of carboxylic acid groups (broad SMARTS) is 1. The first-order valence-electron chi connectivity index (χ1n) is 5.33. The normalized spacial score (nSPS) is 12.1. The van der Waals surface area contributed by atoms with Crippen molar-refractivity contribution in [1.82, 2.24) is 20.3 Å². The molecule has 100 valence electrons. The molecule has 1 aromatic heterocycles. The number of nitrogens with two attached hydrogens (primary N) is 1. The van der Waals surface area contributed by atoms with Crippen LogP contribution in [0.25, 0.3) is 0 Å². The number of amides is 1. The SMILES string of the molecule is NCCn1cc(C(=O)N[C@@H](CCO)C(=O)O)nn1. The molecular formula is C9H15N5O4. The van der Waals surface area contributed by atoms with E-state index in [1.807, 2.05) is 0 Å². The maximum Gasteiger partial charge on any atom is 0.326 e. The molecule has 0 aromatic carbocycles. The summed E-state index contributed by atoms with van der Waals surface area (Å²) in [6.07, 6.45) is 1.30. The number of carbonyl (C=O) groups excluding carboxylic acids is 1. The molecule has 0 aliphatic rings. The number of hydrogen-bond acceptors (Lipinski definition) is 6. The molecule has 0 bridgehead atoms. The van der Waals surface area contributed by atoms with Crippen molar-refractivity contribution < 1.29 is 19.8 Å². The van der Waals surface area contributed by atoms with E-state index in [1.165, 1.54) is 10.9 Å². The number of carbonyl (C=O) groups is 2. The summed E-state index contributed by atoms with van der Waals surface area (Å²) in [7, 11) is 0. The summed E-state index contributed by atoms with van der Waals surface area (Å²) in [6.45, 7) is 0.434. The average molecular weight is 257 g/mol. The molecule has 1 rings (SSSR count). The zero-order valence-corrected chi connectivity index (χ0v) is 9.61. The van der Waals surface area contributed by atoms with E-state index in [2.05, 4.69) is 15.6 Å². The van der Waals surface area contributed by atoms with Crippen LogP contribution in [0, 0.1) is 0 Å². The number of nitrogens with zero attached hydrogens (tertiary/aromatic N) is 3. The highest BCUT2D eigenvalue weighted by atomic mass is 16.4. The molecule has 0 saturated carbocycles. The highest BCUT2D eigenvalue weighted by molar-refractivity contribution is 5.94. The van der Waals surface area contributed by atoms with Gasteiger partial charge in [0.05, 0.1) is 12.7 Å². The number of aliphatic hydroxyl groups is 1. The number of rotatable bonds is 7. The largest absolute Gasteiger partial charge is 0.480 e. The van der Waals surface area contributed by atoms with Crippen LogP contribution >= 0.6 is 0 Å². The Bertz CT molecular complexity index is 419. The highest BCUT2D eigenvalue weighted by Crippen LogP contribution is 1.97. The summed E-state index contributed by atoms with van der Waals surface area (Å²) in [5, 5.41) is 27.0. The van der Waals surface area contributed by atoms with Gasteiger partial charge in [-0.3, -0.25) is 9.48 Å². The molecule has 0 radical (unpaired) electrons. The third kappa shape index (κ3) is 3.79. The summed E-state index contributed by atoms with van der Waals surface area (Å²) in [5.74, 6) is -1.87. The highest BCUT2D eigenvalue weighted by Gasteiger charge is 2.21. The van der Waals surface area contributed by atoms with E-state index in [9.17, 15) is 9.59 Å². The van der Waals surface area contributed by atoms with Gasteiger partial charge in [0.15, 0.2) is 5.69 Å². The van der Waals surface area contributed by atoms with Gasteiger partial charge in [-0.05, 0) is 0 Å². The van der Waals surface area contributed by atoms with Gasteiger partial charge in [-0.15, -0.1) is 5.10 Å². The Morgan fingerprint density at radius 2 is 2.28 bits per heavy atom. The molecular weight excluding hydrogens is 242 g/mol. The van der Waals surface area contributed by atoms with Crippen molar-refractivity contribution in [2.24, 2.45) is 5.73 Å². The van der Waals surface area contributed by atoms with Gasteiger partial charge in [-0.1, -0.05) is 5.21 Å². The van der Waals surface area contributed by atoms with E-state index in [0.717, 1.165) is 0 Å². The van der Waals surface area contributed by atoms with Gasteiger partial charge in [0.2, 0.25) is 0 Å². The van der Waals surface area contributed by atoms with Gasteiger partial charge in [0.1, 0.15) is 6.04 Å². The number of nitrogens with one attached hydrogen (secondary N) is 1. The van der Waals surface area contributed by atoms with E-state index in [4.69, 9.17) is 15.9 Å². The van der Waals surface area contributed by atoms with E-state index in [1.54, 1.807) is 0 Å². The Labute approximate surface area is 103 Å². The van der Waals surface area contributed by atoms with Gasteiger partial charge >= 0.3 is 5.97 Å². The van der Waals surface area contributed by atoms with Crippen LogP contribution in [-0.4, -0.2) is 56.3 Å². The molecule has 0 spiro atoms. The third-order valence-electron chi connectivity index (χ3n) is 2.15. The lowest BCUT2D eigenvalue weighted by atomic mass is 10.2. The summed E-state index contributed by atoms with van der Waals surface area (Å²) in [6, 6.07) is -1.15. The van der Waals surface area contributed by atoms with Crippen molar-refractivity contribution in [3.05, 3.63) is 11.9 Å². The van der Waals surface area contributed by atoms with E-state index in [-0.39, 0.29) is 18.7 Å². The predicted octanol–water partition coefficient (Wildman–Crippen LogP) is -2.20. The van der Waals surface area contributed by atoms with Crippen molar-refractivity contribution in [2.45, 2.75) is 19.0 Å². The summed E-state index contributed by atoms with van der Waals surface area (Å²) in [5.41, 5.74) is 5.32. The van der Waals surface area contributed by atoms with Gasteiger partial charge in [-0.25, -0.2) is 4.79 Å². The Morgan fingerprint density at radius 1 is 1.56 bits per heavy atom. The van der Waals surface area contributed by atoms with Crippen LogP contribution in [0.2, 0.25) is 0 Å². The van der Waals surface area contributed by atoms with Gasteiger partial charge in [0.25, 0.3) is 5.91 Å².